The Morgan fingerprint density at radius 2 is 1.66 bits per heavy atom. The molecule has 0 bridgehead atoms. The molecule has 4 rings (SSSR count). The number of likely N-dealkylation sites (tertiary alicyclic amines) is 1. The average molecular weight is 400 g/mol. The normalized spacial score (nSPS) is 18.9. The van der Waals surface area contributed by atoms with E-state index in [4.69, 9.17) is 0 Å². The van der Waals surface area contributed by atoms with Crippen molar-refractivity contribution in [3.8, 4) is 0 Å². The van der Waals surface area contributed by atoms with Gasteiger partial charge in [0.1, 0.15) is 11.5 Å². The maximum atomic E-state index is 14.1. The van der Waals surface area contributed by atoms with Gasteiger partial charge in [-0.2, -0.15) is 0 Å². The molecule has 1 aromatic carbocycles. The van der Waals surface area contributed by atoms with Gasteiger partial charge in [-0.05, 0) is 49.6 Å². The molecule has 29 heavy (non-hydrogen) atoms. The number of hydrogen-bond donors (Lipinski definition) is 0. The molecule has 2 aliphatic rings. The number of carbonyl (C=O) groups is 1. The van der Waals surface area contributed by atoms with Crippen molar-refractivity contribution < 1.29 is 13.6 Å². The third kappa shape index (κ3) is 4.24. The van der Waals surface area contributed by atoms with Gasteiger partial charge in [-0.15, -0.1) is 0 Å². The number of anilines is 1. The molecule has 7 heteroatoms. The number of likely N-dealkylation sites (N-methyl/N-ethyl adjacent to an activating group) is 1. The highest BCUT2D eigenvalue weighted by atomic mass is 19.2. The fourth-order valence-corrected chi connectivity index (χ4v) is 4.15. The largest absolute Gasteiger partial charge is 0.354 e. The maximum absolute atomic E-state index is 14.1. The quantitative estimate of drug-likeness (QED) is 0.794. The number of benzene rings is 1. The molecular weight excluding hydrogens is 374 g/mol. The van der Waals surface area contributed by atoms with E-state index in [1.165, 1.54) is 0 Å². The molecule has 2 fully saturated rings. The smallest absolute Gasteiger partial charge is 0.272 e. The summed E-state index contributed by atoms with van der Waals surface area (Å²) in [6.45, 7) is 4.77. The van der Waals surface area contributed by atoms with Gasteiger partial charge >= 0.3 is 0 Å². The average Bonchev–Trinajstić information content (AvgIpc) is 2.76. The number of amides is 1. The molecular formula is C22H26F2N4O. The summed E-state index contributed by atoms with van der Waals surface area (Å²) in [4.78, 5) is 23.8. The van der Waals surface area contributed by atoms with E-state index in [0.29, 0.717) is 37.2 Å². The molecule has 0 aliphatic carbocycles. The lowest BCUT2D eigenvalue weighted by atomic mass is 9.89. The van der Waals surface area contributed by atoms with Crippen molar-refractivity contribution >= 4 is 11.7 Å². The molecule has 5 nitrogen and oxygen atoms in total. The predicted octanol–water partition coefficient (Wildman–Crippen LogP) is 3.13. The Labute approximate surface area is 169 Å². The van der Waals surface area contributed by atoms with Gasteiger partial charge in [0.15, 0.2) is 11.6 Å². The van der Waals surface area contributed by atoms with Crippen LogP contribution in [0.4, 0.5) is 14.6 Å². The molecule has 0 spiro atoms. The predicted molar refractivity (Wildman–Crippen MR) is 108 cm³/mol. The third-order valence-corrected chi connectivity index (χ3v) is 5.98. The number of pyridine rings is 1. The Bertz CT molecular complexity index is 875. The number of halogens is 2. The third-order valence-electron chi connectivity index (χ3n) is 5.98. The van der Waals surface area contributed by atoms with E-state index in [1.807, 2.05) is 12.1 Å². The summed E-state index contributed by atoms with van der Waals surface area (Å²) in [5.74, 6) is -0.913. The van der Waals surface area contributed by atoms with Crippen molar-refractivity contribution in [1.29, 1.82) is 0 Å². The molecule has 0 N–H and O–H groups in total. The number of piperazine rings is 1. The summed E-state index contributed by atoms with van der Waals surface area (Å²) < 4.78 is 27.6. The van der Waals surface area contributed by atoms with Crippen LogP contribution in [0.3, 0.4) is 0 Å². The van der Waals surface area contributed by atoms with Crippen LogP contribution in [-0.2, 0) is 0 Å². The zero-order chi connectivity index (χ0) is 20.4. The SMILES string of the molecule is CN1CCN(c2cccc(C(=O)N3CCC(c4cccc(F)c4F)CC3)n2)CC1. The fraction of sp³-hybridized carbons (Fsp3) is 0.455. The summed E-state index contributed by atoms with van der Waals surface area (Å²) in [5, 5.41) is 0. The monoisotopic (exact) mass is 400 g/mol. The van der Waals surface area contributed by atoms with Crippen LogP contribution >= 0.6 is 0 Å². The van der Waals surface area contributed by atoms with Crippen molar-refractivity contribution in [3.05, 3.63) is 59.3 Å². The fourth-order valence-electron chi connectivity index (χ4n) is 4.15. The second-order valence-corrected chi connectivity index (χ2v) is 7.88. The van der Waals surface area contributed by atoms with Gasteiger partial charge < -0.3 is 14.7 Å². The Balaban J connectivity index is 1.41. The minimum atomic E-state index is -0.814. The second-order valence-electron chi connectivity index (χ2n) is 7.88. The Kier molecular flexibility index (Phi) is 5.76. The first-order chi connectivity index (χ1) is 14.0. The Morgan fingerprint density at radius 1 is 0.966 bits per heavy atom. The molecule has 0 unspecified atom stereocenters. The lowest BCUT2D eigenvalue weighted by Crippen LogP contribution is -2.45. The van der Waals surface area contributed by atoms with Gasteiger partial charge in [0.05, 0.1) is 0 Å². The molecule has 0 radical (unpaired) electrons. The highest BCUT2D eigenvalue weighted by molar-refractivity contribution is 5.92. The number of hydrogen-bond acceptors (Lipinski definition) is 4. The lowest BCUT2D eigenvalue weighted by molar-refractivity contribution is 0.0706. The molecule has 154 valence electrons. The number of nitrogens with zero attached hydrogens (tertiary/aromatic N) is 4. The van der Waals surface area contributed by atoms with Crippen LogP contribution in [0.25, 0.3) is 0 Å². The van der Waals surface area contributed by atoms with Crippen LogP contribution in [0.15, 0.2) is 36.4 Å². The molecule has 2 saturated heterocycles. The van der Waals surface area contributed by atoms with Crippen LogP contribution in [0.5, 0.6) is 0 Å². The van der Waals surface area contributed by atoms with E-state index < -0.39 is 11.6 Å². The minimum Gasteiger partial charge on any atom is -0.354 e. The Hall–Kier alpha value is -2.54. The first-order valence-electron chi connectivity index (χ1n) is 10.2. The molecule has 1 amide bonds. The second kappa shape index (κ2) is 8.45. The molecule has 0 atom stereocenters. The zero-order valence-electron chi connectivity index (χ0n) is 16.7. The first-order valence-corrected chi connectivity index (χ1v) is 10.2. The van der Waals surface area contributed by atoms with Gasteiger partial charge in [0.25, 0.3) is 5.91 Å². The zero-order valence-corrected chi connectivity index (χ0v) is 16.7. The van der Waals surface area contributed by atoms with Gasteiger partial charge in [0, 0.05) is 39.3 Å². The van der Waals surface area contributed by atoms with Crippen LogP contribution in [0, 0.1) is 11.6 Å². The van der Waals surface area contributed by atoms with E-state index in [9.17, 15) is 13.6 Å². The van der Waals surface area contributed by atoms with Crippen molar-refractivity contribution in [3.63, 3.8) is 0 Å². The van der Waals surface area contributed by atoms with Gasteiger partial charge in [-0.3, -0.25) is 4.79 Å². The summed E-state index contributed by atoms with van der Waals surface area (Å²) in [7, 11) is 2.10. The number of aromatic nitrogens is 1. The molecule has 1 aromatic heterocycles. The van der Waals surface area contributed by atoms with E-state index in [-0.39, 0.29) is 11.8 Å². The summed E-state index contributed by atoms with van der Waals surface area (Å²) in [5.41, 5.74) is 0.851. The summed E-state index contributed by atoms with van der Waals surface area (Å²) >= 11 is 0. The number of carbonyl (C=O) groups excluding carboxylic acids is 1. The molecule has 3 heterocycles. The van der Waals surface area contributed by atoms with Gasteiger partial charge in [-0.1, -0.05) is 18.2 Å². The highest BCUT2D eigenvalue weighted by Crippen LogP contribution is 2.31. The molecule has 2 aliphatic heterocycles. The van der Waals surface area contributed by atoms with E-state index in [0.717, 1.165) is 38.1 Å². The summed E-state index contributed by atoms with van der Waals surface area (Å²) in [6.07, 6.45) is 1.23. The number of piperidine rings is 1. The van der Waals surface area contributed by atoms with Gasteiger partial charge in [-0.25, -0.2) is 13.8 Å². The number of rotatable bonds is 3. The van der Waals surface area contributed by atoms with Crippen molar-refractivity contribution in [2.24, 2.45) is 0 Å². The topological polar surface area (TPSA) is 39.7 Å². The maximum Gasteiger partial charge on any atom is 0.272 e. The minimum absolute atomic E-state index is 0.0700. The van der Waals surface area contributed by atoms with E-state index in [1.54, 1.807) is 23.1 Å². The van der Waals surface area contributed by atoms with Crippen LogP contribution in [0.1, 0.15) is 34.8 Å². The van der Waals surface area contributed by atoms with E-state index in [2.05, 4.69) is 21.8 Å². The van der Waals surface area contributed by atoms with Gasteiger partial charge in [0.2, 0.25) is 0 Å². The molecule has 0 saturated carbocycles. The lowest BCUT2D eigenvalue weighted by Gasteiger charge is -2.34. The van der Waals surface area contributed by atoms with Crippen LogP contribution < -0.4 is 4.90 Å². The summed E-state index contributed by atoms with van der Waals surface area (Å²) in [6, 6.07) is 9.89. The van der Waals surface area contributed by atoms with Crippen molar-refractivity contribution in [2.45, 2.75) is 18.8 Å². The highest BCUT2D eigenvalue weighted by Gasteiger charge is 2.28. The van der Waals surface area contributed by atoms with Crippen molar-refractivity contribution in [1.82, 2.24) is 14.8 Å². The molecule has 2 aromatic rings. The van der Waals surface area contributed by atoms with E-state index >= 15 is 0 Å². The van der Waals surface area contributed by atoms with Crippen molar-refractivity contribution in [2.75, 3.05) is 51.2 Å². The van der Waals surface area contributed by atoms with Crippen LogP contribution in [0.2, 0.25) is 0 Å². The first kappa shape index (κ1) is 19.8. The van der Waals surface area contributed by atoms with Crippen LogP contribution in [-0.4, -0.2) is 67.0 Å². The standard InChI is InChI=1S/C22H26F2N4O/c1-26-12-14-27(15-13-26)20-7-3-6-19(25-20)22(29)28-10-8-16(9-11-28)17-4-2-5-18(23)21(17)24/h2-7,16H,8-15H2,1H3. The Morgan fingerprint density at radius 3 is 2.38 bits per heavy atom.